The molecule has 1 heterocycles. The Bertz CT molecular complexity index is 1730. The molecule has 3 amide bonds. The molecule has 9 heteroatoms. The first kappa shape index (κ1) is 28.4. The van der Waals surface area contributed by atoms with Crippen molar-refractivity contribution in [3.63, 3.8) is 0 Å². The van der Waals surface area contributed by atoms with E-state index in [4.69, 9.17) is 23.2 Å². The number of amides is 3. The fraction of sp³-hybridized carbons (Fsp3) is 0.200. The van der Waals surface area contributed by atoms with Crippen LogP contribution in [0.4, 0.5) is 4.39 Å². The molecule has 3 aliphatic carbocycles. The highest BCUT2D eigenvalue weighted by Crippen LogP contribution is 2.61. The van der Waals surface area contributed by atoms with Crippen LogP contribution in [0.5, 0.6) is 0 Å². The number of benzene rings is 4. The van der Waals surface area contributed by atoms with E-state index >= 15 is 0 Å². The molecule has 1 aliphatic heterocycles. The summed E-state index contributed by atoms with van der Waals surface area (Å²) in [4.78, 5) is 57.7. The second-order valence-electron chi connectivity index (χ2n) is 11.2. The van der Waals surface area contributed by atoms with Gasteiger partial charge in [-0.25, -0.2) is 9.40 Å². The maximum atomic E-state index is 14.6. The maximum Gasteiger partial charge on any atom is 0.275 e. The maximum absolute atomic E-state index is 14.6. The van der Waals surface area contributed by atoms with Gasteiger partial charge in [-0.05, 0) is 65.1 Å². The molecule has 6 nitrogen and oxygen atoms in total. The van der Waals surface area contributed by atoms with E-state index in [9.17, 15) is 23.6 Å². The molecule has 0 unspecified atom stereocenters. The first-order valence-corrected chi connectivity index (χ1v) is 15.2. The highest BCUT2D eigenvalue weighted by molar-refractivity contribution is 6.34. The van der Waals surface area contributed by atoms with Crippen LogP contribution in [-0.4, -0.2) is 45.4 Å². The van der Waals surface area contributed by atoms with Gasteiger partial charge >= 0.3 is 0 Å². The molecule has 4 aromatic rings. The third kappa shape index (κ3) is 4.21. The second-order valence-corrected chi connectivity index (χ2v) is 12.0. The van der Waals surface area contributed by atoms with Crippen LogP contribution in [0.3, 0.4) is 0 Å². The van der Waals surface area contributed by atoms with E-state index in [0.717, 1.165) is 44.4 Å². The molecule has 44 heavy (non-hydrogen) atoms. The van der Waals surface area contributed by atoms with Crippen molar-refractivity contribution in [3.8, 4) is 0 Å². The Hall–Kier alpha value is -4.33. The summed E-state index contributed by atoms with van der Waals surface area (Å²) in [5, 5.41) is 1.92. The van der Waals surface area contributed by atoms with Gasteiger partial charge in [-0.1, -0.05) is 72.3 Å². The molecule has 220 valence electrons. The van der Waals surface area contributed by atoms with Crippen molar-refractivity contribution in [2.75, 3.05) is 5.88 Å². The normalized spacial score (nSPS) is 21.8. The van der Waals surface area contributed by atoms with E-state index in [2.05, 4.69) is 0 Å². The molecule has 1 fully saturated rings. The van der Waals surface area contributed by atoms with Gasteiger partial charge in [-0.15, -0.1) is 11.6 Å². The number of hydrogen-bond acceptors (Lipinski definition) is 4. The third-order valence-electron chi connectivity index (χ3n) is 9.06. The Morgan fingerprint density at radius 3 is 1.70 bits per heavy atom. The first-order valence-electron chi connectivity index (χ1n) is 14.3. The summed E-state index contributed by atoms with van der Waals surface area (Å²) in [6.07, 6.45) is -0.0757. The SMILES string of the molecule is O=C(c1ccc(F)cc1)[C@H](CCCl)N(C(=O)c1ccccc1Cl)N1C(=O)[C@@H]2C3c4ccccc4C(c4ccccc43)[C@@H]2C1=O. The predicted octanol–water partition coefficient (Wildman–Crippen LogP) is 6.61. The molecule has 0 saturated carbocycles. The van der Waals surface area contributed by atoms with Crippen molar-refractivity contribution in [1.29, 1.82) is 0 Å². The highest BCUT2D eigenvalue weighted by atomic mass is 35.5. The Morgan fingerprint density at radius 1 is 0.750 bits per heavy atom. The van der Waals surface area contributed by atoms with E-state index < -0.39 is 59.0 Å². The minimum Gasteiger partial charge on any atom is -0.292 e. The summed E-state index contributed by atoms with van der Waals surface area (Å²) < 4.78 is 13.8. The van der Waals surface area contributed by atoms with Crippen LogP contribution < -0.4 is 0 Å². The van der Waals surface area contributed by atoms with Gasteiger partial charge in [0.1, 0.15) is 11.9 Å². The summed E-state index contributed by atoms with van der Waals surface area (Å²) in [6.45, 7) is 0. The van der Waals surface area contributed by atoms with Crippen molar-refractivity contribution in [3.05, 3.63) is 141 Å². The number of imide groups is 1. The Morgan fingerprint density at radius 2 is 1.23 bits per heavy atom. The number of halogens is 3. The van der Waals surface area contributed by atoms with Crippen molar-refractivity contribution >= 4 is 46.7 Å². The van der Waals surface area contributed by atoms with Gasteiger partial charge in [0.05, 0.1) is 22.4 Å². The topological polar surface area (TPSA) is 74.8 Å². The Labute approximate surface area is 263 Å². The van der Waals surface area contributed by atoms with Crippen LogP contribution in [-0.2, 0) is 9.59 Å². The average Bonchev–Trinajstić information content (AvgIpc) is 3.30. The number of carbonyl (C=O) groups is 4. The molecule has 0 aromatic heterocycles. The molecule has 4 aromatic carbocycles. The fourth-order valence-corrected chi connectivity index (χ4v) is 7.70. The number of nitrogens with zero attached hydrogens (tertiary/aromatic N) is 2. The number of alkyl halides is 1. The van der Waals surface area contributed by atoms with Crippen LogP contribution in [0.25, 0.3) is 0 Å². The molecule has 4 aliphatic rings. The molecule has 2 bridgehead atoms. The van der Waals surface area contributed by atoms with Crippen molar-refractivity contribution in [2.45, 2.75) is 24.3 Å². The lowest BCUT2D eigenvalue weighted by molar-refractivity contribution is -0.156. The zero-order chi connectivity index (χ0) is 30.7. The Balaban J connectivity index is 1.39. The third-order valence-corrected chi connectivity index (χ3v) is 9.61. The monoisotopic (exact) mass is 626 g/mol. The molecular weight excluding hydrogens is 602 g/mol. The van der Waals surface area contributed by atoms with Gasteiger partial charge < -0.3 is 0 Å². The summed E-state index contributed by atoms with van der Waals surface area (Å²) in [7, 11) is 0. The largest absolute Gasteiger partial charge is 0.292 e. The predicted molar refractivity (Wildman–Crippen MR) is 163 cm³/mol. The number of Topliss-reactive ketones (excluding diaryl/α,β-unsaturated/α-hetero) is 1. The lowest BCUT2D eigenvalue weighted by Crippen LogP contribution is -2.57. The molecule has 8 rings (SSSR count). The Kier molecular flexibility index (Phi) is 7.10. The minimum atomic E-state index is -1.35. The molecule has 3 atom stereocenters. The van der Waals surface area contributed by atoms with Crippen LogP contribution >= 0.6 is 23.2 Å². The van der Waals surface area contributed by atoms with Gasteiger partial charge in [-0.3, -0.25) is 19.2 Å². The van der Waals surface area contributed by atoms with Crippen molar-refractivity contribution in [2.24, 2.45) is 11.8 Å². The molecule has 1 saturated heterocycles. The summed E-state index contributed by atoms with van der Waals surface area (Å²) in [6, 6.07) is 25.4. The van der Waals surface area contributed by atoms with Crippen molar-refractivity contribution < 1.29 is 23.6 Å². The summed E-state index contributed by atoms with van der Waals surface area (Å²) >= 11 is 12.6. The minimum absolute atomic E-state index is 0.0191. The molecule has 0 radical (unpaired) electrons. The zero-order valence-electron chi connectivity index (χ0n) is 23.2. The zero-order valence-corrected chi connectivity index (χ0v) is 24.7. The van der Waals surface area contributed by atoms with Crippen LogP contribution in [0, 0.1) is 17.7 Å². The van der Waals surface area contributed by atoms with Crippen molar-refractivity contribution in [1.82, 2.24) is 10.0 Å². The number of hydrazine groups is 1. The summed E-state index contributed by atoms with van der Waals surface area (Å²) in [5.74, 6) is -5.48. The number of hydrogen-bond donors (Lipinski definition) is 0. The fourth-order valence-electron chi connectivity index (χ4n) is 7.28. The van der Waals surface area contributed by atoms with Gasteiger partial charge in [-0.2, -0.15) is 5.01 Å². The summed E-state index contributed by atoms with van der Waals surface area (Å²) in [5.41, 5.74) is 4.03. The quantitative estimate of drug-likeness (QED) is 0.131. The van der Waals surface area contributed by atoms with Crippen LogP contribution in [0.15, 0.2) is 97.1 Å². The lowest BCUT2D eigenvalue weighted by Gasteiger charge is -2.45. The second kappa shape index (κ2) is 11.0. The van der Waals surface area contributed by atoms with Gasteiger partial charge in [0.2, 0.25) is 0 Å². The van der Waals surface area contributed by atoms with E-state index in [1.54, 1.807) is 12.1 Å². The number of ketones is 1. The van der Waals surface area contributed by atoms with Gasteiger partial charge in [0, 0.05) is 23.3 Å². The highest BCUT2D eigenvalue weighted by Gasteiger charge is 2.63. The van der Waals surface area contributed by atoms with Gasteiger partial charge in [0.25, 0.3) is 17.7 Å². The lowest BCUT2D eigenvalue weighted by atomic mass is 9.55. The van der Waals surface area contributed by atoms with E-state index in [1.165, 1.54) is 24.3 Å². The van der Waals surface area contributed by atoms with E-state index in [0.29, 0.717) is 0 Å². The molecule has 0 spiro atoms. The standard InChI is InChI=1S/C35H25Cl2FN2O4/c36-18-17-27(32(41)19-13-15-20(38)16-14-19)39(33(42)25-11-5-6-12-26(25)37)40-34(43)30-28-21-7-1-2-8-22(21)29(31(30)35(40)44)24-10-4-3-9-23(24)28/h1-16,27-31H,17-18H2/t27-,28?,29?,30-,31+/m0/s1. The number of carbonyl (C=O) groups excluding carboxylic acids is 4. The van der Waals surface area contributed by atoms with Crippen LogP contribution in [0.2, 0.25) is 5.02 Å². The molecule has 0 N–H and O–H groups in total. The molecular formula is C35H25Cl2FN2O4. The van der Waals surface area contributed by atoms with E-state index in [-0.39, 0.29) is 28.5 Å². The number of rotatable bonds is 7. The van der Waals surface area contributed by atoms with Crippen LogP contribution in [0.1, 0.15) is 61.2 Å². The van der Waals surface area contributed by atoms with Gasteiger partial charge in [0.15, 0.2) is 5.78 Å². The first-order chi connectivity index (χ1) is 21.3. The van der Waals surface area contributed by atoms with E-state index in [1.807, 2.05) is 48.5 Å². The smallest absolute Gasteiger partial charge is 0.275 e. The average molecular weight is 627 g/mol.